The number of nitrogens with zero attached hydrogens (tertiary/aromatic N) is 5. The molecule has 5 aromatic rings. The molecule has 0 saturated heterocycles. The van der Waals surface area contributed by atoms with Crippen LogP contribution < -0.4 is 21.5 Å². The number of hydrogen-bond donors (Lipinski definition) is 4. The van der Waals surface area contributed by atoms with Crippen molar-refractivity contribution in [3.63, 3.8) is 0 Å². The highest BCUT2D eigenvalue weighted by molar-refractivity contribution is 6.08. The van der Waals surface area contributed by atoms with Gasteiger partial charge in [-0.15, -0.1) is 0 Å². The van der Waals surface area contributed by atoms with Crippen LogP contribution >= 0.6 is 0 Å². The van der Waals surface area contributed by atoms with Gasteiger partial charge in [-0.05, 0) is 79.3 Å². The number of likely N-dealkylation sites (N-methyl/N-ethyl adjacent to an activating group) is 1. The summed E-state index contributed by atoms with van der Waals surface area (Å²) in [5.41, 5.74) is 2.50. The SMILES string of the molecule is CC(C)Cc1cccc2[nH]c(Cn3cccc(NC(=O)[C@H](CC/C=C/C(=O)N(C)C)NC(=O)c4ncccc4NC(=O)c4ccccn4)c3=O)nc12. The van der Waals surface area contributed by atoms with Crippen molar-refractivity contribution in [3.8, 4) is 0 Å². The van der Waals surface area contributed by atoms with Gasteiger partial charge in [0, 0.05) is 32.7 Å². The number of anilines is 2. The Morgan fingerprint density at radius 2 is 1.69 bits per heavy atom. The number of pyridine rings is 3. The van der Waals surface area contributed by atoms with E-state index in [0.29, 0.717) is 11.7 Å². The number of carbonyl (C=O) groups is 4. The van der Waals surface area contributed by atoms with Crippen molar-refractivity contribution in [2.24, 2.45) is 5.92 Å². The van der Waals surface area contributed by atoms with Crippen LogP contribution in [0.3, 0.4) is 0 Å². The van der Waals surface area contributed by atoms with E-state index in [-0.39, 0.29) is 48.1 Å². The number of amides is 4. The van der Waals surface area contributed by atoms with E-state index in [2.05, 4.69) is 44.7 Å². The smallest absolute Gasteiger partial charge is 0.274 e. The van der Waals surface area contributed by atoms with E-state index < -0.39 is 29.3 Å². The molecule has 1 aromatic carbocycles. The lowest BCUT2D eigenvalue weighted by Gasteiger charge is -2.19. The van der Waals surface area contributed by atoms with Gasteiger partial charge in [-0.25, -0.2) is 9.97 Å². The van der Waals surface area contributed by atoms with Crippen molar-refractivity contribution in [2.75, 3.05) is 24.7 Å². The van der Waals surface area contributed by atoms with Crippen molar-refractivity contribution in [1.29, 1.82) is 0 Å². The molecule has 0 radical (unpaired) electrons. The molecule has 14 heteroatoms. The Labute approximate surface area is 300 Å². The van der Waals surface area contributed by atoms with E-state index >= 15 is 0 Å². The molecule has 0 fully saturated rings. The molecule has 268 valence electrons. The van der Waals surface area contributed by atoms with Crippen LogP contribution in [0.1, 0.15) is 59.1 Å². The number of carbonyl (C=O) groups excluding carboxylic acids is 4. The van der Waals surface area contributed by atoms with Gasteiger partial charge in [-0.1, -0.05) is 38.1 Å². The molecule has 0 saturated carbocycles. The third-order valence-corrected chi connectivity index (χ3v) is 7.99. The first kappa shape index (κ1) is 36.8. The van der Waals surface area contributed by atoms with Crippen LogP contribution in [-0.4, -0.2) is 73.2 Å². The molecule has 4 amide bonds. The maximum Gasteiger partial charge on any atom is 0.274 e. The van der Waals surface area contributed by atoms with E-state index in [0.717, 1.165) is 23.0 Å². The zero-order valence-corrected chi connectivity index (χ0v) is 29.4. The third-order valence-electron chi connectivity index (χ3n) is 7.99. The zero-order chi connectivity index (χ0) is 37.2. The van der Waals surface area contributed by atoms with Crippen molar-refractivity contribution in [2.45, 2.75) is 45.7 Å². The predicted octanol–water partition coefficient (Wildman–Crippen LogP) is 4.18. The molecular formula is C38H41N9O5. The summed E-state index contributed by atoms with van der Waals surface area (Å²) in [6, 6.07) is 15.8. The summed E-state index contributed by atoms with van der Waals surface area (Å²) in [6.07, 6.45) is 8.62. The number of aromatic nitrogens is 5. The topological polar surface area (TPSA) is 184 Å². The minimum Gasteiger partial charge on any atom is -0.345 e. The Morgan fingerprint density at radius 3 is 2.44 bits per heavy atom. The van der Waals surface area contributed by atoms with Crippen molar-refractivity contribution < 1.29 is 19.2 Å². The van der Waals surface area contributed by atoms with Gasteiger partial charge in [0.15, 0.2) is 5.69 Å². The Morgan fingerprint density at radius 1 is 0.904 bits per heavy atom. The van der Waals surface area contributed by atoms with Gasteiger partial charge in [-0.3, -0.25) is 29.0 Å². The van der Waals surface area contributed by atoms with Gasteiger partial charge in [0.05, 0.1) is 23.3 Å². The Kier molecular flexibility index (Phi) is 12.0. The Bertz CT molecular complexity index is 2160. The summed E-state index contributed by atoms with van der Waals surface area (Å²) in [6.45, 7) is 4.42. The van der Waals surface area contributed by atoms with Crippen LogP contribution in [0.25, 0.3) is 11.0 Å². The third kappa shape index (κ3) is 9.41. The number of hydrogen-bond acceptors (Lipinski definition) is 8. The number of H-pyrrole nitrogens is 1. The first-order valence-corrected chi connectivity index (χ1v) is 16.8. The predicted molar refractivity (Wildman–Crippen MR) is 198 cm³/mol. The lowest BCUT2D eigenvalue weighted by molar-refractivity contribution is -0.123. The average molecular weight is 704 g/mol. The highest BCUT2D eigenvalue weighted by Gasteiger charge is 2.25. The van der Waals surface area contributed by atoms with Gasteiger partial charge < -0.3 is 30.4 Å². The fourth-order valence-corrected chi connectivity index (χ4v) is 5.42. The number of rotatable bonds is 14. The second kappa shape index (κ2) is 17.0. The van der Waals surface area contributed by atoms with E-state index in [1.54, 1.807) is 50.6 Å². The van der Waals surface area contributed by atoms with Crippen LogP contribution in [0.5, 0.6) is 0 Å². The highest BCUT2D eigenvalue weighted by atomic mass is 16.2. The minimum absolute atomic E-state index is 0.00262. The highest BCUT2D eigenvalue weighted by Crippen LogP contribution is 2.20. The molecule has 4 N–H and O–H groups in total. The molecule has 52 heavy (non-hydrogen) atoms. The molecule has 0 aliphatic heterocycles. The molecule has 14 nitrogen and oxygen atoms in total. The zero-order valence-electron chi connectivity index (χ0n) is 29.4. The van der Waals surface area contributed by atoms with Crippen molar-refractivity contribution in [3.05, 3.63) is 125 Å². The molecule has 4 aromatic heterocycles. The molecule has 0 aliphatic carbocycles. The van der Waals surface area contributed by atoms with Gasteiger partial charge in [0.1, 0.15) is 23.2 Å². The standard InChI is InChI=1S/C38H41N9O5/c1-24(2)22-25-12-9-15-26-33(25)45-31(41-26)23-47-21-11-17-30(38(47)52)44-36(50)29(14-5-6-18-32(48)46(3)4)43-37(51)34-27(16-10-20-40-34)42-35(49)28-13-7-8-19-39-28/h6-13,15-21,24,29H,5,14,22-23H2,1-4H3,(H,41,45)(H,42,49)(H,43,51)(H,44,50)/b18-6+/t29-/m0/s1. The molecular weight excluding hydrogens is 662 g/mol. The summed E-state index contributed by atoms with van der Waals surface area (Å²) in [7, 11) is 3.23. The van der Waals surface area contributed by atoms with Crippen LogP contribution in [0, 0.1) is 5.92 Å². The molecule has 0 unspecified atom stereocenters. The molecule has 4 heterocycles. The molecule has 1 atom stereocenters. The van der Waals surface area contributed by atoms with Crippen LogP contribution in [0.2, 0.25) is 0 Å². The first-order chi connectivity index (χ1) is 25.0. The molecule has 0 spiro atoms. The Balaban J connectivity index is 1.35. The van der Waals surface area contributed by atoms with Gasteiger partial charge in [-0.2, -0.15) is 0 Å². The Hall–Kier alpha value is -6.44. The largest absolute Gasteiger partial charge is 0.345 e. The summed E-state index contributed by atoms with van der Waals surface area (Å²) in [4.78, 5) is 83.4. The summed E-state index contributed by atoms with van der Waals surface area (Å²) in [5, 5.41) is 8.01. The maximum absolute atomic E-state index is 13.7. The monoisotopic (exact) mass is 703 g/mol. The van der Waals surface area contributed by atoms with Gasteiger partial charge >= 0.3 is 0 Å². The fraction of sp³-hybridized carbons (Fsp3) is 0.263. The maximum atomic E-state index is 13.7. The van der Waals surface area contributed by atoms with Crippen LogP contribution in [-0.2, 0) is 22.6 Å². The van der Waals surface area contributed by atoms with Gasteiger partial charge in [0.2, 0.25) is 11.8 Å². The lowest BCUT2D eigenvalue weighted by atomic mass is 10.0. The first-order valence-electron chi connectivity index (χ1n) is 16.8. The van der Waals surface area contributed by atoms with E-state index in [9.17, 15) is 24.0 Å². The second-order valence-electron chi connectivity index (χ2n) is 12.7. The van der Waals surface area contributed by atoms with Crippen molar-refractivity contribution in [1.82, 2.24) is 34.7 Å². The number of fused-ring (bicyclic) bond motifs is 1. The number of aromatic amines is 1. The average Bonchev–Trinajstić information content (AvgIpc) is 3.55. The molecule has 5 rings (SSSR count). The van der Waals surface area contributed by atoms with E-state index in [1.165, 1.54) is 46.1 Å². The fourth-order valence-electron chi connectivity index (χ4n) is 5.42. The summed E-state index contributed by atoms with van der Waals surface area (Å²) >= 11 is 0. The van der Waals surface area contributed by atoms with Crippen LogP contribution in [0.15, 0.2) is 96.2 Å². The van der Waals surface area contributed by atoms with Gasteiger partial charge in [0.25, 0.3) is 17.4 Å². The second-order valence-corrected chi connectivity index (χ2v) is 12.7. The number of para-hydroxylation sites is 1. The number of allylic oxidation sites excluding steroid dienone is 1. The number of imidazole rings is 1. The summed E-state index contributed by atoms with van der Waals surface area (Å²) < 4.78 is 1.43. The van der Waals surface area contributed by atoms with E-state index in [1.807, 2.05) is 18.2 Å². The molecule has 0 aliphatic rings. The summed E-state index contributed by atoms with van der Waals surface area (Å²) in [5.74, 6) is -1.15. The lowest BCUT2D eigenvalue weighted by Crippen LogP contribution is -2.45. The van der Waals surface area contributed by atoms with Crippen LogP contribution in [0.4, 0.5) is 11.4 Å². The minimum atomic E-state index is -1.16. The normalized spacial score (nSPS) is 11.8. The number of benzene rings is 1. The van der Waals surface area contributed by atoms with E-state index in [4.69, 9.17) is 4.98 Å². The molecule has 0 bridgehead atoms. The number of nitrogens with one attached hydrogen (secondary N) is 4. The quantitative estimate of drug-likeness (QED) is 0.124. The van der Waals surface area contributed by atoms with Crippen molar-refractivity contribution >= 4 is 46.0 Å².